The molecule has 0 atom stereocenters. The second-order valence-corrected chi connectivity index (χ2v) is 4.63. The molecule has 0 N–H and O–H groups in total. The summed E-state index contributed by atoms with van der Waals surface area (Å²) in [7, 11) is 0. The van der Waals surface area contributed by atoms with Gasteiger partial charge in [-0.15, -0.1) is 0 Å². The highest BCUT2D eigenvalue weighted by molar-refractivity contribution is 6.97. The molecule has 0 aromatic carbocycles. The Kier molecular flexibility index (Phi) is 5.66. The van der Waals surface area contributed by atoms with E-state index in [1.807, 2.05) is 0 Å². The van der Waals surface area contributed by atoms with Crippen molar-refractivity contribution >= 4 is 47.0 Å². The van der Waals surface area contributed by atoms with E-state index in [0.717, 1.165) is 0 Å². The number of hydrogen-bond acceptors (Lipinski definition) is 9. The third-order valence-corrected chi connectivity index (χ3v) is 1.74. The number of carbonyl (C=O) groups is 8. The van der Waals surface area contributed by atoms with Gasteiger partial charge in [-0.1, -0.05) is 0 Å². The average Bonchev–Trinajstić information content (AvgIpc) is 2.40. The number of esters is 1. The van der Waals surface area contributed by atoms with Gasteiger partial charge in [0.15, 0.2) is 6.29 Å². The fraction of sp³-hybridized carbons (Fsp3) is 0.333. The van der Waals surface area contributed by atoms with E-state index in [2.05, 4.69) is 4.74 Å². The zero-order valence-corrected chi connectivity index (χ0v) is 11.3. The Bertz CT molecular complexity index is 574. The molecule has 0 heterocycles. The number of ketones is 6. The molecule has 0 fully saturated rings. The van der Waals surface area contributed by atoms with Crippen LogP contribution < -0.4 is 0 Å². The van der Waals surface area contributed by atoms with Crippen molar-refractivity contribution in [2.45, 2.75) is 26.4 Å². The standard InChI is InChI=1S/C12H10O9/c1-12(2,3)21-11(20)10(19)9(18)8(17)7(16)6(15)5(14)4-13/h4H,1-3H3. The second kappa shape index (κ2) is 6.55. The van der Waals surface area contributed by atoms with Crippen molar-refractivity contribution in [3.05, 3.63) is 0 Å². The first-order chi connectivity index (χ1) is 9.42. The minimum absolute atomic E-state index is 0.534. The van der Waals surface area contributed by atoms with Gasteiger partial charge in [-0.3, -0.25) is 33.6 Å². The Morgan fingerprint density at radius 1 is 0.714 bits per heavy atom. The number of aldehydes is 1. The van der Waals surface area contributed by atoms with E-state index in [1.165, 1.54) is 20.8 Å². The van der Waals surface area contributed by atoms with Gasteiger partial charge >= 0.3 is 11.8 Å². The molecule has 0 bridgehead atoms. The Balaban J connectivity index is 5.06. The first-order valence-corrected chi connectivity index (χ1v) is 5.36. The molecule has 0 aromatic heterocycles. The lowest BCUT2D eigenvalue weighted by Gasteiger charge is -2.18. The quantitative estimate of drug-likeness (QED) is 0.224. The number of Topliss-reactive ketones (excluding diaryl/α,β-unsaturated/α-hetero) is 6. The van der Waals surface area contributed by atoms with Crippen LogP contribution in [0.4, 0.5) is 0 Å². The highest BCUT2D eigenvalue weighted by Crippen LogP contribution is 2.07. The smallest absolute Gasteiger partial charge is 0.383 e. The van der Waals surface area contributed by atoms with Gasteiger partial charge in [-0.25, -0.2) is 4.79 Å². The summed E-state index contributed by atoms with van der Waals surface area (Å²) in [5.41, 5.74) is -1.14. The van der Waals surface area contributed by atoms with Crippen LogP contribution in [-0.2, 0) is 43.1 Å². The van der Waals surface area contributed by atoms with E-state index in [9.17, 15) is 38.4 Å². The maximum Gasteiger partial charge on any atom is 0.383 e. The lowest BCUT2D eigenvalue weighted by atomic mass is 10.0. The van der Waals surface area contributed by atoms with Crippen LogP contribution >= 0.6 is 0 Å². The summed E-state index contributed by atoms with van der Waals surface area (Å²) in [5.74, 6) is -14.1. The number of ether oxygens (including phenoxy) is 1. The SMILES string of the molecule is CC(C)(C)OC(=O)C(=O)C(=O)C(=O)C(=O)C(=O)C(=O)C=O. The lowest BCUT2D eigenvalue weighted by molar-refractivity contribution is -0.165. The van der Waals surface area contributed by atoms with Crippen molar-refractivity contribution in [1.82, 2.24) is 0 Å². The van der Waals surface area contributed by atoms with Crippen molar-refractivity contribution in [1.29, 1.82) is 0 Å². The molecule has 21 heavy (non-hydrogen) atoms. The first kappa shape index (κ1) is 18.2. The number of hydrogen-bond donors (Lipinski definition) is 0. The first-order valence-electron chi connectivity index (χ1n) is 5.36. The lowest BCUT2D eigenvalue weighted by Crippen LogP contribution is -2.42. The molecule has 0 aliphatic heterocycles. The summed E-state index contributed by atoms with van der Waals surface area (Å²) < 4.78 is 4.50. The molecule has 0 unspecified atom stereocenters. The van der Waals surface area contributed by atoms with Crippen LogP contribution in [0.5, 0.6) is 0 Å². The Labute approximate surface area is 117 Å². The maximum absolute atomic E-state index is 11.3. The summed E-state index contributed by atoms with van der Waals surface area (Å²) in [5, 5.41) is 0. The van der Waals surface area contributed by atoms with Crippen LogP contribution in [-0.4, -0.2) is 52.6 Å². The maximum atomic E-state index is 11.3. The van der Waals surface area contributed by atoms with Gasteiger partial charge in [-0.05, 0) is 20.8 Å². The van der Waals surface area contributed by atoms with Crippen LogP contribution in [0, 0.1) is 0 Å². The highest BCUT2D eigenvalue weighted by Gasteiger charge is 2.39. The van der Waals surface area contributed by atoms with Crippen LogP contribution in [0.1, 0.15) is 20.8 Å². The Hall–Kier alpha value is -2.84. The summed E-state index contributed by atoms with van der Waals surface area (Å²) in [6.07, 6.45) is -0.534. The topological polar surface area (TPSA) is 146 Å². The molecule has 0 aliphatic rings. The van der Waals surface area contributed by atoms with Crippen molar-refractivity contribution in [3.63, 3.8) is 0 Å². The van der Waals surface area contributed by atoms with Gasteiger partial charge in [0, 0.05) is 0 Å². The third kappa shape index (κ3) is 4.97. The minimum Gasteiger partial charge on any atom is -0.454 e. The van der Waals surface area contributed by atoms with E-state index < -0.39 is 52.6 Å². The zero-order chi connectivity index (χ0) is 17.0. The molecular weight excluding hydrogens is 288 g/mol. The predicted octanol–water partition coefficient (Wildman–Crippen LogP) is -2.06. The van der Waals surface area contributed by atoms with Gasteiger partial charge in [0.2, 0.25) is 0 Å². The molecule has 0 aromatic rings. The zero-order valence-electron chi connectivity index (χ0n) is 11.3. The van der Waals surface area contributed by atoms with E-state index >= 15 is 0 Å². The Morgan fingerprint density at radius 3 is 1.48 bits per heavy atom. The molecule has 0 saturated carbocycles. The average molecular weight is 298 g/mol. The highest BCUT2D eigenvalue weighted by atomic mass is 16.6. The van der Waals surface area contributed by atoms with Gasteiger partial charge in [0.1, 0.15) is 5.60 Å². The van der Waals surface area contributed by atoms with Crippen LogP contribution in [0.15, 0.2) is 0 Å². The molecule has 0 saturated heterocycles. The van der Waals surface area contributed by atoms with Gasteiger partial charge < -0.3 is 4.74 Å². The summed E-state index contributed by atoms with van der Waals surface area (Å²) >= 11 is 0. The van der Waals surface area contributed by atoms with E-state index in [-0.39, 0.29) is 0 Å². The fourth-order valence-electron chi connectivity index (χ4n) is 0.892. The number of carbonyl (C=O) groups excluding carboxylic acids is 8. The normalized spacial score (nSPS) is 10.2. The summed E-state index contributed by atoms with van der Waals surface area (Å²) in [6.45, 7) is 4.13. The van der Waals surface area contributed by atoms with Crippen molar-refractivity contribution < 1.29 is 43.1 Å². The molecule has 0 amide bonds. The van der Waals surface area contributed by atoms with Crippen LogP contribution in [0.3, 0.4) is 0 Å². The van der Waals surface area contributed by atoms with E-state index in [1.54, 1.807) is 0 Å². The second-order valence-electron chi connectivity index (χ2n) is 4.63. The molecule has 9 nitrogen and oxygen atoms in total. The Morgan fingerprint density at radius 2 is 1.10 bits per heavy atom. The molecular formula is C12H10O9. The van der Waals surface area contributed by atoms with Gasteiger partial charge in [-0.2, -0.15) is 0 Å². The predicted molar refractivity (Wildman–Crippen MR) is 62.0 cm³/mol. The van der Waals surface area contributed by atoms with Crippen molar-refractivity contribution in [2.24, 2.45) is 0 Å². The molecule has 0 spiro atoms. The molecule has 0 rings (SSSR count). The minimum atomic E-state index is -2.19. The monoisotopic (exact) mass is 298 g/mol. The van der Waals surface area contributed by atoms with Crippen LogP contribution in [0.2, 0.25) is 0 Å². The molecule has 112 valence electrons. The van der Waals surface area contributed by atoms with Crippen LogP contribution in [0.25, 0.3) is 0 Å². The largest absolute Gasteiger partial charge is 0.454 e. The van der Waals surface area contributed by atoms with Gasteiger partial charge in [0.05, 0.1) is 0 Å². The third-order valence-electron chi connectivity index (χ3n) is 1.74. The summed E-state index contributed by atoms with van der Waals surface area (Å²) in [4.78, 5) is 87.5. The molecule has 9 heteroatoms. The van der Waals surface area contributed by atoms with E-state index in [4.69, 9.17) is 0 Å². The van der Waals surface area contributed by atoms with Crippen molar-refractivity contribution in [2.75, 3.05) is 0 Å². The van der Waals surface area contributed by atoms with E-state index in [0.29, 0.717) is 0 Å². The molecule has 0 radical (unpaired) electrons. The van der Waals surface area contributed by atoms with Crippen molar-refractivity contribution in [3.8, 4) is 0 Å². The molecule has 0 aliphatic carbocycles. The fourth-order valence-corrected chi connectivity index (χ4v) is 0.892. The summed E-state index contributed by atoms with van der Waals surface area (Å²) in [6, 6.07) is 0. The van der Waals surface area contributed by atoms with Gasteiger partial charge in [0.25, 0.3) is 28.9 Å². The number of rotatable bonds is 7.